The SMILES string of the molecule is CC1(C)c2cc(N(c3cc(-c4ccccc4)cc(-c4ccccc4)c3)c3ccc4ccc5ccccc5c4c3)ccc2-c2c(-c3ccccc3)c3ccc(N(c4cc(-c5ccccc5)cc(-c5ccccc5)c4)c4ccc5ccc6ccccc6c5c4)cc3c3cccc1c23. The molecule has 0 atom stereocenters. The molecule has 0 unspecified atom stereocenters. The van der Waals surface area contributed by atoms with E-state index in [1.807, 2.05) is 0 Å². The lowest BCUT2D eigenvalue weighted by atomic mass is 9.66. The number of hydrogen-bond acceptors (Lipinski definition) is 2. The second-order valence-corrected chi connectivity index (χ2v) is 26.0. The van der Waals surface area contributed by atoms with E-state index in [4.69, 9.17) is 0 Å². The van der Waals surface area contributed by atoms with Gasteiger partial charge >= 0.3 is 0 Å². The maximum atomic E-state index is 2.52. The lowest BCUT2D eigenvalue weighted by molar-refractivity contribution is 0.645. The summed E-state index contributed by atoms with van der Waals surface area (Å²) < 4.78 is 0. The van der Waals surface area contributed by atoms with Crippen molar-refractivity contribution in [1.82, 2.24) is 0 Å². The smallest absolute Gasteiger partial charge is 0.0473 e. The largest absolute Gasteiger partial charge is 0.310 e. The van der Waals surface area contributed by atoms with Gasteiger partial charge in [-0.25, -0.2) is 0 Å². The lowest BCUT2D eigenvalue weighted by Crippen LogP contribution is -2.24. The molecule has 0 spiro atoms. The number of benzene rings is 17. The normalized spacial score (nSPS) is 12.4. The highest BCUT2D eigenvalue weighted by Gasteiger charge is 2.37. The highest BCUT2D eigenvalue weighted by Crippen LogP contribution is 2.57. The maximum absolute atomic E-state index is 2.52. The molecule has 0 aliphatic heterocycles. The number of rotatable bonds is 11. The third-order valence-electron chi connectivity index (χ3n) is 20.1. The summed E-state index contributed by atoms with van der Waals surface area (Å²) in [7, 11) is 0. The minimum absolute atomic E-state index is 0.435. The standard InChI is InChI=1S/C93H64N2/c1-93(2)88-38-22-37-82-87-59-76(94(74-45-43-67-41-39-65-31-18-20-35-80(65)85(67)57-74)78-53-70(61-23-8-3-9-24-61)51-71(54-78)62-25-10-4-11-26-62)47-49-83(87)90(69-33-16-7-17-34-69)92(91(82)88)84-50-48-77(60-89(84)93)95(75-46-44-68-42-40-66-32-19-21-36-81(66)86(68)58-75)79-55-72(63-27-12-5-13-28-63)52-73(56-79)64-29-14-6-15-30-64/h3-60H,1-2H3. The zero-order chi connectivity index (χ0) is 63.1. The van der Waals surface area contributed by atoms with Crippen molar-refractivity contribution in [3.8, 4) is 66.8 Å². The summed E-state index contributed by atoms with van der Waals surface area (Å²) in [5.74, 6) is 0. The van der Waals surface area contributed by atoms with Crippen LogP contribution in [-0.2, 0) is 5.41 Å². The molecule has 0 bridgehead atoms. The monoisotopic (exact) mass is 1210 g/mol. The topological polar surface area (TPSA) is 6.48 Å². The van der Waals surface area contributed by atoms with Gasteiger partial charge in [0.25, 0.3) is 0 Å². The highest BCUT2D eigenvalue weighted by atomic mass is 15.1. The molecule has 0 amide bonds. The van der Waals surface area contributed by atoms with Gasteiger partial charge in [0.15, 0.2) is 0 Å². The molecule has 1 aliphatic rings. The van der Waals surface area contributed by atoms with E-state index in [-0.39, 0.29) is 0 Å². The van der Waals surface area contributed by atoms with Crippen LogP contribution in [0.3, 0.4) is 0 Å². The summed E-state index contributed by atoms with van der Waals surface area (Å²) in [5.41, 5.74) is 22.9. The Bertz CT molecular complexity index is 5740. The van der Waals surface area contributed by atoms with Crippen molar-refractivity contribution in [3.63, 3.8) is 0 Å². The molecule has 0 saturated heterocycles. The van der Waals surface area contributed by atoms with Gasteiger partial charge in [0.1, 0.15) is 0 Å². The fraction of sp³-hybridized carbons (Fsp3) is 0.0323. The molecule has 95 heavy (non-hydrogen) atoms. The molecule has 1 aliphatic carbocycles. The summed E-state index contributed by atoms with van der Waals surface area (Å²) in [6.07, 6.45) is 0. The van der Waals surface area contributed by atoms with Crippen LogP contribution in [0, 0.1) is 0 Å². The Kier molecular flexibility index (Phi) is 13.3. The molecule has 17 aromatic carbocycles. The van der Waals surface area contributed by atoms with Gasteiger partial charge in [-0.2, -0.15) is 0 Å². The number of hydrogen-bond donors (Lipinski definition) is 0. The molecule has 0 fully saturated rings. The Labute approximate surface area is 554 Å². The Morgan fingerprint density at radius 1 is 0.200 bits per heavy atom. The molecule has 0 heterocycles. The predicted molar refractivity (Wildman–Crippen MR) is 406 cm³/mol. The van der Waals surface area contributed by atoms with E-state index in [1.54, 1.807) is 0 Å². The first-order valence-corrected chi connectivity index (χ1v) is 33.0. The zero-order valence-electron chi connectivity index (χ0n) is 52.9. The van der Waals surface area contributed by atoms with Crippen molar-refractivity contribution < 1.29 is 0 Å². The van der Waals surface area contributed by atoms with E-state index in [2.05, 4.69) is 375 Å². The van der Waals surface area contributed by atoms with Crippen LogP contribution < -0.4 is 9.80 Å². The molecular formula is C93H64N2. The van der Waals surface area contributed by atoms with Crippen molar-refractivity contribution in [2.75, 3.05) is 9.80 Å². The second-order valence-electron chi connectivity index (χ2n) is 26.0. The van der Waals surface area contributed by atoms with Crippen molar-refractivity contribution in [2.24, 2.45) is 0 Å². The van der Waals surface area contributed by atoms with E-state index in [0.717, 1.165) is 56.4 Å². The van der Waals surface area contributed by atoms with Crippen molar-refractivity contribution in [2.45, 2.75) is 19.3 Å². The van der Waals surface area contributed by atoms with Crippen LogP contribution in [-0.4, -0.2) is 0 Å². The van der Waals surface area contributed by atoms with Crippen LogP contribution in [0.1, 0.15) is 25.0 Å². The Balaban J connectivity index is 0.878. The molecule has 2 nitrogen and oxygen atoms in total. The van der Waals surface area contributed by atoms with Crippen LogP contribution >= 0.6 is 0 Å². The van der Waals surface area contributed by atoms with Crippen molar-refractivity contribution in [3.05, 3.63) is 363 Å². The van der Waals surface area contributed by atoms with Crippen LogP contribution in [0.2, 0.25) is 0 Å². The van der Waals surface area contributed by atoms with Gasteiger partial charge in [-0.05, 0) is 227 Å². The molecule has 18 rings (SSSR count). The van der Waals surface area contributed by atoms with Gasteiger partial charge in [0.05, 0.1) is 0 Å². The summed E-state index contributed by atoms with van der Waals surface area (Å²) in [5, 5.41) is 14.7. The number of anilines is 6. The predicted octanol–water partition coefficient (Wildman–Crippen LogP) is 26.2. The molecule has 17 aromatic rings. The summed E-state index contributed by atoms with van der Waals surface area (Å²) in [6, 6.07) is 131. The fourth-order valence-electron chi connectivity index (χ4n) is 15.5. The van der Waals surface area contributed by atoms with Gasteiger partial charge in [-0.15, -0.1) is 0 Å². The first-order chi connectivity index (χ1) is 46.8. The van der Waals surface area contributed by atoms with Crippen molar-refractivity contribution in [1.29, 1.82) is 0 Å². The molecule has 0 radical (unpaired) electrons. The summed E-state index contributed by atoms with van der Waals surface area (Å²) in [6.45, 7) is 4.89. The molecule has 0 aromatic heterocycles. The second kappa shape index (κ2) is 22.6. The van der Waals surface area contributed by atoms with E-state index < -0.39 is 5.41 Å². The first kappa shape index (κ1) is 55.7. The Hall–Kier alpha value is -12.1. The molecule has 446 valence electrons. The molecule has 0 N–H and O–H groups in total. The van der Waals surface area contributed by atoms with E-state index in [1.165, 1.54) is 120 Å². The van der Waals surface area contributed by atoms with Crippen LogP contribution in [0.5, 0.6) is 0 Å². The number of nitrogens with zero attached hydrogens (tertiary/aromatic N) is 2. The number of fused-ring (bicyclic) bond motifs is 10. The van der Waals surface area contributed by atoms with E-state index in [0.29, 0.717) is 0 Å². The van der Waals surface area contributed by atoms with Gasteiger partial charge in [0, 0.05) is 39.5 Å². The average molecular weight is 1210 g/mol. The van der Waals surface area contributed by atoms with Gasteiger partial charge in [-0.1, -0.05) is 281 Å². The third kappa shape index (κ3) is 9.56. The fourth-order valence-corrected chi connectivity index (χ4v) is 15.5. The van der Waals surface area contributed by atoms with Crippen LogP contribution in [0.4, 0.5) is 34.1 Å². The first-order valence-electron chi connectivity index (χ1n) is 33.0. The van der Waals surface area contributed by atoms with Crippen molar-refractivity contribution >= 4 is 98.8 Å². The average Bonchev–Trinajstić information content (AvgIpc) is 0.694. The minimum atomic E-state index is -0.435. The zero-order valence-corrected chi connectivity index (χ0v) is 52.9. The lowest BCUT2D eigenvalue weighted by Gasteiger charge is -2.38. The maximum Gasteiger partial charge on any atom is 0.0473 e. The third-order valence-corrected chi connectivity index (χ3v) is 20.1. The van der Waals surface area contributed by atoms with Gasteiger partial charge < -0.3 is 9.80 Å². The van der Waals surface area contributed by atoms with Gasteiger partial charge in [-0.3, -0.25) is 0 Å². The Morgan fingerprint density at radius 3 is 1.02 bits per heavy atom. The van der Waals surface area contributed by atoms with Crippen LogP contribution in [0.25, 0.3) is 131 Å². The minimum Gasteiger partial charge on any atom is -0.310 e. The highest BCUT2D eigenvalue weighted by molar-refractivity contribution is 6.25. The quantitative estimate of drug-likeness (QED) is 0.119. The van der Waals surface area contributed by atoms with Crippen LogP contribution in [0.15, 0.2) is 352 Å². The Morgan fingerprint density at radius 2 is 0.558 bits per heavy atom. The van der Waals surface area contributed by atoms with E-state index in [9.17, 15) is 0 Å². The summed E-state index contributed by atoms with van der Waals surface area (Å²) in [4.78, 5) is 5.01. The molecule has 2 heteroatoms. The summed E-state index contributed by atoms with van der Waals surface area (Å²) >= 11 is 0. The molecule has 0 saturated carbocycles. The van der Waals surface area contributed by atoms with Gasteiger partial charge in [0.2, 0.25) is 0 Å². The molecular weight excluding hydrogens is 1150 g/mol. The van der Waals surface area contributed by atoms with E-state index >= 15 is 0 Å².